The molecule has 1 aromatic rings. The highest BCUT2D eigenvalue weighted by Crippen LogP contribution is 2.40. The maximum absolute atomic E-state index is 3.49. The Morgan fingerprint density at radius 1 is 1.16 bits per heavy atom. The molecular formula is C16H26N2S. The number of nitrogens with zero attached hydrogens (tertiary/aromatic N) is 1. The van der Waals surface area contributed by atoms with Crippen LogP contribution in [-0.2, 0) is 0 Å². The van der Waals surface area contributed by atoms with Gasteiger partial charge < -0.3 is 5.32 Å². The first-order valence-corrected chi connectivity index (χ1v) is 8.67. The van der Waals surface area contributed by atoms with Crippen molar-refractivity contribution >= 4 is 11.3 Å². The zero-order chi connectivity index (χ0) is 13.1. The number of rotatable bonds is 3. The van der Waals surface area contributed by atoms with Gasteiger partial charge >= 0.3 is 0 Å². The van der Waals surface area contributed by atoms with Gasteiger partial charge in [-0.25, -0.2) is 0 Å². The van der Waals surface area contributed by atoms with E-state index in [9.17, 15) is 0 Å². The molecule has 1 aromatic heterocycles. The van der Waals surface area contributed by atoms with Crippen LogP contribution < -0.4 is 5.32 Å². The molecule has 2 nitrogen and oxygen atoms in total. The highest BCUT2D eigenvalue weighted by molar-refractivity contribution is 7.12. The SMILES string of the molecule is Cc1ccc([C@H](C2CCCCC2)N2CCNCC2)s1. The molecule has 0 bridgehead atoms. The lowest BCUT2D eigenvalue weighted by molar-refractivity contribution is 0.106. The molecule has 3 heteroatoms. The normalized spacial score (nSPS) is 24.5. The highest BCUT2D eigenvalue weighted by atomic mass is 32.1. The second kappa shape index (κ2) is 6.38. The summed E-state index contributed by atoms with van der Waals surface area (Å²) >= 11 is 2.02. The molecule has 0 spiro atoms. The van der Waals surface area contributed by atoms with E-state index in [2.05, 4.69) is 29.3 Å². The van der Waals surface area contributed by atoms with Gasteiger partial charge in [0.1, 0.15) is 0 Å². The third kappa shape index (κ3) is 3.21. The van der Waals surface area contributed by atoms with Crippen LogP contribution in [0.15, 0.2) is 12.1 Å². The van der Waals surface area contributed by atoms with Gasteiger partial charge in [0.2, 0.25) is 0 Å². The summed E-state index contributed by atoms with van der Waals surface area (Å²) in [6.45, 7) is 7.00. The van der Waals surface area contributed by atoms with Crippen molar-refractivity contribution in [2.45, 2.75) is 45.1 Å². The van der Waals surface area contributed by atoms with Crippen molar-refractivity contribution in [3.63, 3.8) is 0 Å². The first-order chi connectivity index (χ1) is 9.34. The summed E-state index contributed by atoms with van der Waals surface area (Å²) < 4.78 is 0. The molecule has 0 amide bonds. The van der Waals surface area contributed by atoms with Crippen molar-refractivity contribution in [2.24, 2.45) is 5.92 Å². The van der Waals surface area contributed by atoms with Gasteiger partial charge in [-0.3, -0.25) is 4.90 Å². The van der Waals surface area contributed by atoms with Gasteiger partial charge in [-0.2, -0.15) is 0 Å². The van der Waals surface area contributed by atoms with Crippen molar-refractivity contribution in [1.29, 1.82) is 0 Å². The van der Waals surface area contributed by atoms with E-state index in [1.165, 1.54) is 50.1 Å². The Morgan fingerprint density at radius 2 is 1.89 bits per heavy atom. The Balaban J connectivity index is 1.81. The van der Waals surface area contributed by atoms with E-state index in [4.69, 9.17) is 0 Å². The second-order valence-corrected chi connectivity index (χ2v) is 7.40. The summed E-state index contributed by atoms with van der Waals surface area (Å²) in [5.74, 6) is 0.893. The molecule has 19 heavy (non-hydrogen) atoms. The van der Waals surface area contributed by atoms with Crippen molar-refractivity contribution in [3.8, 4) is 0 Å². The fourth-order valence-corrected chi connectivity index (χ4v) is 4.84. The minimum absolute atomic E-state index is 0.695. The Bertz CT molecular complexity index is 371. The fraction of sp³-hybridized carbons (Fsp3) is 0.750. The van der Waals surface area contributed by atoms with Gasteiger partial charge in [-0.15, -0.1) is 11.3 Å². The first-order valence-electron chi connectivity index (χ1n) is 7.86. The predicted molar refractivity (Wildman–Crippen MR) is 82.8 cm³/mol. The van der Waals surface area contributed by atoms with E-state index in [1.807, 2.05) is 11.3 Å². The van der Waals surface area contributed by atoms with E-state index in [1.54, 1.807) is 4.88 Å². The van der Waals surface area contributed by atoms with Crippen molar-refractivity contribution in [3.05, 3.63) is 21.9 Å². The molecule has 1 atom stereocenters. The Morgan fingerprint density at radius 3 is 2.53 bits per heavy atom. The van der Waals surface area contributed by atoms with Crippen molar-refractivity contribution < 1.29 is 0 Å². The van der Waals surface area contributed by atoms with E-state index in [-0.39, 0.29) is 0 Å². The molecule has 1 N–H and O–H groups in total. The molecule has 1 aliphatic carbocycles. The minimum Gasteiger partial charge on any atom is -0.314 e. The smallest absolute Gasteiger partial charge is 0.0470 e. The lowest BCUT2D eigenvalue weighted by atomic mass is 9.82. The number of thiophene rings is 1. The zero-order valence-corrected chi connectivity index (χ0v) is 12.8. The van der Waals surface area contributed by atoms with Gasteiger partial charge in [-0.05, 0) is 37.8 Å². The fourth-order valence-electron chi connectivity index (χ4n) is 3.73. The van der Waals surface area contributed by atoms with Crippen LogP contribution in [0, 0.1) is 12.8 Å². The van der Waals surface area contributed by atoms with Crippen LogP contribution in [0.5, 0.6) is 0 Å². The number of piperazine rings is 1. The van der Waals surface area contributed by atoms with Gasteiger partial charge in [-0.1, -0.05) is 19.3 Å². The molecule has 2 aliphatic rings. The Kier molecular flexibility index (Phi) is 4.57. The third-order valence-electron chi connectivity index (χ3n) is 4.69. The molecule has 0 radical (unpaired) electrons. The molecule has 3 rings (SSSR count). The molecule has 0 aromatic carbocycles. The molecule has 1 saturated carbocycles. The number of aryl methyl sites for hydroxylation is 1. The van der Waals surface area contributed by atoms with Crippen LogP contribution in [0.3, 0.4) is 0 Å². The first kappa shape index (κ1) is 13.6. The monoisotopic (exact) mass is 278 g/mol. The van der Waals surface area contributed by atoms with E-state index in [0.717, 1.165) is 19.0 Å². The van der Waals surface area contributed by atoms with Crippen LogP contribution >= 0.6 is 11.3 Å². The molecule has 0 unspecified atom stereocenters. The lowest BCUT2D eigenvalue weighted by Crippen LogP contribution is -2.47. The largest absolute Gasteiger partial charge is 0.314 e. The summed E-state index contributed by atoms with van der Waals surface area (Å²) in [4.78, 5) is 5.83. The standard InChI is InChI=1S/C16H26N2S/c1-13-7-8-15(19-13)16(14-5-3-2-4-6-14)18-11-9-17-10-12-18/h7-8,14,16-17H,2-6,9-12H2,1H3/t16-/m0/s1. The maximum atomic E-state index is 3.49. The average molecular weight is 278 g/mol. The molecule has 2 heterocycles. The average Bonchev–Trinajstić information content (AvgIpc) is 2.88. The van der Waals surface area contributed by atoms with E-state index in [0.29, 0.717) is 6.04 Å². The van der Waals surface area contributed by atoms with Gasteiger partial charge in [0.05, 0.1) is 0 Å². The Hall–Kier alpha value is -0.380. The summed E-state index contributed by atoms with van der Waals surface area (Å²) in [7, 11) is 0. The number of hydrogen-bond acceptors (Lipinski definition) is 3. The maximum Gasteiger partial charge on any atom is 0.0470 e. The summed E-state index contributed by atoms with van der Waals surface area (Å²) in [6.07, 6.45) is 7.21. The summed E-state index contributed by atoms with van der Waals surface area (Å²) in [6, 6.07) is 5.39. The third-order valence-corrected chi connectivity index (χ3v) is 5.77. The second-order valence-electron chi connectivity index (χ2n) is 6.08. The zero-order valence-electron chi connectivity index (χ0n) is 12.0. The molecule has 106 valence electrons. The minimum atomic E-state index is 0.695. The summed E-state index contributed by atoms with van der Waals surface area (Å²) in [5, 5.41) is 3.49. The highest BCUT2D eigenvalue weighted by Gasteiger charge is 2.31. The van der Waals surface area contributed by atoms with Crippen molar-refractivity contribution in [1.82, 2.24) is 10.2 Å². The summed E-state index contributed by atoms with van der Waals surface area (Å²) in [5.41, 5.74) is 0. The van der Waals surface area contributed by atoms with Gasteiger partial charge in [0.15, 0.2) is 0 Å². The molecule has 1 aliphatic heterocycles. The van der Waals surface area contributed by atoms with Crippen LogP contribution in [0.25, 0.3) is 0 Å². The van der Waals surface area contributed by atoms with Crippen LogP contribution in [0.2, 0.25) is 0 Å². The quantitative estimate of drug-likeness (QED) is 0.909. The topological polar surface area (TPSA) is 15.3 Å². The van der Waals surface area contributed by atoms with Crippen LogP contribution in [0.1, 0.15) is 47.9 Å². The molecular weight excluding hydrogens is 252 g/mol. The van der Waals surface area contributed by atoms with E-state index >= 15 is 0 Å². The van der Waals surface area contributed by atoms with Crippen LogP contribution in [-0.4, -0.2) is 31.1 Å². The number of hydrogen-bond donors (Lipinski definition) is 1. The van der Waals surface area contributed by atoms with E-state index < -0.39 is 0 Å². The van der Waals surface area contributed by atoms with Crippen LogP contribution in [0.4, 0.5) is 0 Å². The molecule has 1 saturated heterocycles. The van der Waals surface area contributed by atoms with Gasteiger partial charge in [0.25, 0.3) is 0 Å². The predicted octanol–water partition coefficient (Wildman–Crippen LogP) is 3.58. The lowest BCUT2D eigenvalue weighted by Gasteiger charge is -2.40. The van der Waals surface area contributed by atoms with Crippen molar-refractivity contribution in [2.75, 3.05) is 26.2 Å². The van der Waals surface area contributed by atoms with Gasteiger partial charge in [0, 0.05) is 42.0 Å². The number of nitrogens with one attached hydrogen (secondary N) is 1. The molecule has 2 fully saturated rings. The Labute approximate surface area is 121 Å².